The molecule has 0 unspecified atom stereocenters. The Morgan fingerprint density at radius 3 is 2.18 bits per heavy atom. The highest BCUT2D eigenvalue weighted by Crippen LogP contribution is 2.37. The minimum atomic E-state index is 0.983. The molecule has 0 bridgehead atoms. The van der Waals surface area contributed by atoms with Gasteiger partial charge in [-0.25, -0.2) is 0 Å². The van der Waals surface area contributed by atoms with Gasteiger partial charge in [-0.3, -0.25) is 0 Å². The fourth-order valence-corrected chi connectivity index (χ4v) is 5.62. The van der Waals surface area contributed by atoms with Crippen LogP contribution in [-0.2, 0) is 6.54 Å². The highest BCUT2D eigenvalue weighted by atomic mass is 32.1. The molecule has 2 aromatic heterocycles. The van der Waals surface area contributed by atoms with E-state index < -0.39 is 0 Å². The van der Waals surface area contributed by atoms with E-state index in [1.807, 2.05) is 11.3 Å². The first-order valence-electron chi connectivity index (χ1n) is 9.76. The molecule has 0 saturated carbocycles. The van der Waals surface area contributed by atoms with Crippen molar-refractivity contribution in [3.8, 4) is 11.1 Å². The number of benzene rings is 4. The minimum absolute atomic E-state index is 0.983. The van der Waals surface area contributed by atoms with Crippen LogP contribution in [0.15, 0.2) is 84.9 Å². The number of thiophene rings is 1. The maximum atomic E-state index is 2.41. The van der Waals surface area contributed by atoms with E-state index in [-0.39, 0.29) is 0 Å². The van der Waals surface area contributed by atoms with E-state index in [9.17, 15) is 0 Å². The monoisotopic (exact) mass is 377 g/mol. The lowest BCUT2D eigenvalue weighted by Crippen LogP contribution is -1.92. The number of rotatable bonds is 2. The molecule has 1 nitrogen and oxygen atoms in total. The minimum Gasteiger partial charge on any atom is -0.341 e. The van der Waals surface area contributed by atoms with Crippen LogP contribution >= 0.6 is 11.3 Å². The van der Waals surface area contributed by atoms with Crippen molar-refractivity contribution >= 4 is 53.3 Å². The number of nitrogens with zero attached hydrogens (tertiary/aromatic N) is 1. The van der Waals surface area contributed by atoms with Crippen LogP contribution in [0.4, 0.5) is 0 Å². The zero-order valence-corrected chi connectivity index (χ0v) is 16.5. The van der Waals surface area contributed by atoms with Crippen LogP contribution in [-0.4, -0.2) is 4.57 Å². The second kappa shape index (κ2) is 5.95. The van der Waals surface area contributed by atoms with Crippen molar-refractivity contribution in [3.63, 3.8) is 0 Å². The Morgan fingerprint density at radius 2 is 1.29 bits per heavy atom. The Morgan fingerprint density at radius 1 is 0.607 bits per heavy atom. The first kappa shape index (κ1) is 15.9. The maximum Gasteiger partial charge on any atom is 0.0491 e. The summed E-state index contributed by atoms with van der Waals surface area (Å²) in [5.41, 5.74) is 5.20. The fourth-order valence-electron chi connectivity index (χ4n) is 4.48. The average molecular weight is 378 g/mol. The van der Waals surface area contributed by atoms with Gasteiger partial charge >= 0.3 is 0 Å². The lowest BCUT2D eigenvalue weighted by Gasteiger charge is -2.05. The van der Waals surface area contributed by atoms with E-state index in [2.05, 4.69) is 96.4 Å². The quantitative estimate of drug-likeness (QED) is 0.289. The van der Waals surface area contributed by atoms with Gasteiger partial charge in [0.05, 0.1) is 0 Å². The molecule has 0 spiro atoms. The highest BCUT2D eigenvalue weighted by molar-refractivity contribution is 7.25. The molecule has 6 aromatic rings. The van der Waals surface area contributed by atoms with Crippen molar-refractivity contribution in [3.05, 3.63) is 84.9 Å². The molecule has 0 amide bonds. The molecule has 6 rings (SSSR count). The third-order valence-corrected chi connectivity index (χ3v) is 6.93. The molecule has 4 aromatic carbocycles. The summed E-state index contributed by atoms with van der Waals surface area (Å²) in [5.74, 6) is 0. The first-order chi connectivity index (χ1) is 13.8. The number of para-hydroxylation sites is 1. The van der Waals surface area contributed by atoms with Gasteiger partial charge in [0, 0.05) is 48.5 Å². The van der Waals surface area contributed by atoms with Gasteiger partial charge in [-0.05, 0) is 48.4 Å². The van der Waals surface area contributed by atoms with Crippen molar-refractivity contribution in [2.45, 2.75) is 13.5 Å². The molecule has 0 N–H and O–H groups in total. The molecule has 2 heterocycles. The molecule has 0 aliphatic carbocycles. The zero-order chi connectivity index (χ0) is 18.7. The van der Waals surface area contributed by atoms with Crippen molar-refractivity contribution in [2.24, 2.45) is 0 Å². The van der Waals surface area contributed by atoms with Gasteiger partial charge in [0.15, 0.2) is 0 Å². The molecular weight excluding hydrogens is 358 g/mol. The van der Waals surface area contributed by atoms with Gasteiger partial charge in [0.25, 0.3) is 0 Å². The summed E-state index contributed by atoms with van der Waals surface area (Å²) in [6, 6.07) is 31.2. The van der Waals surface area contributed by atoms with Gasteiger partial charge in [-0.1, -0.05) is 54.6 Å². The number of hydrogen-bond donors (Lipinski definition) is 0. The average Bonchev–Trinajstić information content (AvgIpc) is 3.28. The predicted octanol–water partition coefficient (Wildman–Crippen LogP) is 7.85. The Kier molecular flexibility index (Phi) is 3.38. The summed E-state index contributed by atoms with van der Waals surface area (Å²) in [7, 11) is 0. The molecule has 0 aliphatic heterocycles. The SMILES string of the molecule is CCn1c2ccccc2c2cc(-c3ccc4c(c3)sc3ccccc34)ccc21. The topological polar surface area (TPSA) is 4.93 Å². The maximum absolute atomic E-state index is 2.41. The highest BCUT2D eigenvalue weighted by Gasteiger charge is 2.11. The lowest BCUT2D eigenvalue weighted by atomic mass is 10.0. The van der Waals surface area contributed by atoms with E-state index in [0.29, 0.717) is 0 Å². The van der Waals surface area contributed by atoms with Gasteiger partial charge in [0.1, 0.15) is 0 Å². The summed E-state index contributed by atoms with van der Waals surface area (Å²) < 4.78 is 5.12. The van der Waals surface area contributed by atoms with Crippen LogP contribution in [0.2, 0.25) is 0 Å². The summed E-state index contributed by atoms with van der Waals surface area (Å²) in [6.07, 6.45) is 0. The van der Waals surface area contributed by atoms with Gasteiger partial charge in [-0.15, -0.1) is 11.3 Å². The van der Waals surface area contributed by atoms with Gasteiger partial charge < -0.3 is 4.57 Å². The molecule has 0 saturated heterocycles. The summed E-state index contributed by atoms with van der Waals surface area (Å²) in [4.78, 5) is 0. The summed E-state index contributed by atoms with van der Waals surface area (Å²) in [5, 5.41) is 5.39. The summed E-state index contributed by atoms with van der Waals surface area (Å²) >= 11 is 1.88. The molecule has 2 heteroatoms. The first-order valence-corrected chi connectivity index (χ1v) is 10.6. The Hall–Kier alpha value is -3.10. The zero-order valence-electron chi connectivity index (χ0n) is 15.6. The standard InChI is InChI=1S/C26H19NS/c1-2-27-23-9-5-3-7-19(23)22-15-17(12-14-24(22)27)18-11-13-21-20-8-4-6-10-25(20)28-26(21)16-18/h3-16H,2H2,1H3. The smallest absolute Gasteiger partial charge is 0.0491 e. The lowest BCUT2D eigenvalue weighted by molar-refractivity contribution is 0.827. The van der Waals surface area contributed by atoms with Crippen molar-refractivity contribution < 1.29 is 0 Å². The Bertz CT molecular complexity index is 1500. The molecule has 28 heavy (non-hydrogen) atoms. The van der Waals surface area contributed by atoms with Crippen LogP contribution in [0.1, 0.15) is 6.92 Å². The van der Waals surface area contributed by atoms with Crippen LogP contribution in [0.25, 0.3) is 53.1 Å². The van der Waals surface area contributed by atoms with Crippen LogP contribution in [0, 0.1) is 0 Å². The van der Waals surface area contributed by atoms with E-state index >= 15 is 0 Å². The van der Waals surface area contributed by atoms with Crippen LogP contribution < -0.4 is 0 Å². The second-order valence-electron chi connectivity index (χ2n) is 7.30. The number of fused-ring (bicyclic) bond motifs is 6. The van der Waals surface area contributed by atoms with E-state index in [0.717, 1.165) is 6.54 Å². The van der Waals surface area contributed by atoms with Crippen LogP contribution in [0.3, 0.4) is 0 Å². The number of hydrogen-bond acceptors (Lipinski definition) is 1. The molecule has 134 valence electrons. The Balaban J connectivity index is 1.59. The molecule has 0 fully saturated rings. The second-order valence-corrected chi connectivity index (χ2v) is 8.39. The van der Waals surface area contributed by atoms with Crippen molar-refractivity contribution in [2.75, 3.05) is 0 Å². The van der Waals surface area contributed by atoms with Crippen molar-refractivity contribution in [1.29, 1.82) is 0 Å². The largest absolute Gasteiger partial charge is 0.341 e. The number of aryl methyl sites for hydroxylation is 1. The molecule has 0 atom stereocenters. The summed E-state index contributed by atoms with van der Waals surface area (Å²) in [6.45, 7) is 3.20. The van der Waals surface area contributed by atoms with Crippen molar-refractivity contribution in [1.82, 2.24) is 4.57 Å². The van der Waals surface area contributed by atoms with E-state index in [1.54, 1.807) is 0 Å². The normalized spacial score (nSPS) is 11.9. The van der Waals surface area contributed by atoms with Gasteiger partial charge in [0.2, 0.25) is 0 Å². The van der Waals surface area contributed by atoms with E-state index in [1.165, 1.54) is 53.1 Å². The van der Waals surface area contributed by atoms with Crippen LogP contribution in [0.5, 0.6) is 0 Å². The van der Waals surface area contributed by atoms with E-state index in [4.69, 9.17) is 0 Å². The molecular formula is C26H19NS. The molecule has 0 radical (unpaired) electrons. The third kappa shape index (κ3) is 2.18. The molecule has 0 aliphatic rings. The van der Waals surface area contributed by atoms with Gasteiger partial charge in [-0.2, -0.15) is 0 Å². The third-order valence-electron chi connectivity index (χ3n) is 5.80. The Labute approximate surface area is 167 Å². The predicted molar refractivity (Wildman–Crippen MR) is 123 cm³/mol. The fraction of sp³-hybridized carbons (Fsp3) is 0.0769. The number of aromatic nitrogens is 1.